The average Bonchev–Trinajstić information content (AvgIpc) is 2.51. The molecule has 0 atom stereocenters. The number of rotatable bonds is 5. The fourth-order valence-electron chi connectivity index (χ4n) is 2.25. The third-order valence-corrected chi connectivity index (χ3v) is 3.50. The molecule has 1 aromatic carbocycles. The van der Waals surface area contributed by atoms with Crippen LogP contribution in [0, 0.1) is 6.92 Å². The zero-order chi connectivity index (χ0) is 16.1. The Hall–Kier alpha value is -2.63. The van der Waals surface area contributed by atoms with Crippen LogP contribution in [-0.4, -0.2) is 29.0 Å². The summed E-state index contributed by atoms with van der Waals surface area (Å²) in [7, 11) is 0. The lowest BCUT2D eigenvalue weighted by Gasteiger charge is -2.22. The molecule has 6 nitrogen and oxygen atoms in total. The highest BCUT2D eigenvalue weighted by Gasteiger charge is 2.11. The predicted octanol–water partition coefficient (Wildman–Crippen LogP) is 2.18. The number of benzene rings is 1. The maximum Gasteiger partial charge on any atom is 0.274 e. The zero-order valence-corrected chi connectivity index (χ0v) is 13.0. The molecule has 116 valence electrons. The van der Waals surface area contributed by atoms with Crippen molar-refractivity contribution in [1.82, 2.24) is 9.97 Å². The van der Waals surface area contributed by atoms with Gasteiger partial charge in [0.25, 0.3) is 11.5 Å². The minimum atomic E-state index is -0.398. The first-order valence-corrected chi connectivity index (χ1v) is 7.26. The Morgan fingerprint density at radius 3 is 2.59 bits per heavy atom. The molecule has 2 rings (SSSR count). The van der Waals surface area contributed by atoms with Crippen LogP contribution in [0.2, 0.25) is 0 Å². The molecule has 2 aromatic rings. The number of anilines is 2. The lowest BCUT2D eigenvalue weighted by molar-refractivity contribution is 0.102. The highest BCUT2D eigenvalue weighted by atomic mass is 16.2. The number of hydrogen-bond acceptors (Lipinski definition) is 4. The standard InChI is InChI=1S/C16H20N4O2/c1-4-20(5-2)12-6-7-13(11(3)8-12)19-16(22)14-9-15(21)18-10-17-14/h6-10H,4-5H2,1-3H3,(H,19,22)(H,17,18,21). The maximum absolute atomic E-state index is 12.1. The Kier molecular flexibility index (Phi) is 4.93. The second kappa shape index (κ2) is 6.89. The molecule has 1 aromatic heterocycles. The van der Waals surface area contributed by atoms with Gasteiger partial charge in [-0.3, -0.25) is 9.59 Å². The number of amides is 1. The normalized spacial score (nSPS) is 10.3. The number of aryl methyl sites for hydroxylation is 1. The molecule has 0 saturated carbocycles. The SMILES string of the molecule is CCN(CC)c1ccc(NC(=O)c2cc(=O)[nH]cn2)c(C)c1. The van der Waals surface area contributed by atoms with E-state index in [2.05, 4.69) is 34.0 Å². The second-order valence-electron chi connectivity index (χ2n) is 4.92. The predicted molar refractivity (Wildman–Crippen MR) is 87.6 cm³/mol. The molecule has 0 saturated heterocycles. The lowest BCUT2D eigenvalue weighted by atomic mass is 10.1. The minimum Gasteiger partial charge on any atom is -0.372 e. The number of H-pyrrole nitrogens is 1. The van der Waals surface area contributed by atoms with Gasteiger partial charge in [0.1, 0.15) is 5.69 Å². The molecule has 22 heavy (non-hydrogen) atoms. The van der Waals surface area contributed by atoms with E-state index in [1.165, 1.54) is 12.4 Å². The number of carbonyl (C=O) groups is 1. The van der Waals surface area contributed by atoms with Crippen molar-refractivity contribution < 1.29 is 4.79 Å². The van der Waals surface area contributed by atoms with Crippen molar-refractivity contribution in [2.24, 2.45) is 0 Å². The number of carbonyl (C=O) groups excluding carboxylic acids is 1. The Balaban J connectivity index is 2.20. The molecule has 0 radical (unpaired) electrons. The molecule has 0 aliphatic carbocycles. The molecule has 0 bridgehead atoms. The molecule has 1 amide bonds. The van der Waals surface area contributed by atoms with Gasteiger partial charge in [0.2, 0.25) is 0 Å². The third kappa shape index (κ3) is 3.52. The fourth-order valence-corrected chi connectivity index (χ4v) is 2.25. The largest absolute Gasteiger partial charge is 0.372 e. The van der Waals surface area contributed by atoms with Crippen LogP contribution in [0.25, 0.3) is 0 Å². The first-order chi connectivity index (χ1) is 10.5. The van der Waals surface area contributed by atoms with Gasteiger partial charge in [-0.1, -0.05) is 0 Å². The van der Waals surface area contributed by atoms with E-state index in [0.29, 0.717) is 5.69 Å². The Labute approximate surface area is 129 Å². The van der Waals surface area contributed by atoms with Crippen LogP contribution in [0.3, 0.4) is 0 Å². The van der Waals surface area contributed by atoms with Crippen molar-refractivity contribution in [3.05, 3.63) is 52.2 Å². The van der Waals surface area contributed by atoms with Crippen molar-refractivity contribution in [2.75, 3.05) is 23.3 Å². The minimum absolute atomic E-state index is 0.0935. The molecule has 2 N–H and O–H groups in total. The number of hydrogen-bond donors (Lipinski definition) is 2. The second-order valence-corrected chi connectivity index (χ2v) is 4.92. The van der Waals surface area contributed by atoms with Crippen molar-refractivity contribution in [3.8, 4) is 0 Å². The van der Waals surface area contributed by atoms with Crippen LogP contribution in [-0.2, 0) is 0 Å². The van der Waals surface area contributed by atoms with E-state index in [1.807, 2.05) is 25.1 Å². The van der Waals surface area contributed by atoms with Crippen molar-refractivity contribution >= 4 is 17.3 Å². The van der Waals surface area contributed by atoms with E-state index in [4.69, 9.17) is 0 Å². The summed E-state index contributed by atoms with van der Waals surface area (Å²) in [6, 6.07) is 7.05. The van der Waals surface area contributed by atoms with Gasteiger partial charge in [-0.15, -0.1) is 0 Å². The van der Waals surface area contributed by atoms with E-state index in [0.717, 1.165) is 24.3 Å². The zero-order valence-electron chi connectivity index (χ0n) is 13.0. The van der Waals surface area contributed by atoms with Crippen molar-refractivity contribution in [1.29, 1.82) is 0 Å². The highest BCUT2D eigenvalue weighted by Crippen LogP contribution is 2.22. The summed E-state index contributed by atoms with van der Waals surface area (Å²) in [6.45, 7) is 8.00. The average molecular weight is 300 g/mol. The molecule has 0 fully saturated rings. The van der Waals surface area contributed by atoms with Crippen LogP contribution < -0.4 is 15.8 Å². The van der Waals surface area contributed by atoms with E-state index < -0.39 is 5.91 Å². The third-order valence-electron chi connectivity index (χ3n) is 3.50. The van der Waals surface area contributed by atoms with Crippen LogP contribution in [0.5, 0.6) is 0 Å². The first-order valence-electron chi connectivity index (χ1n) is 7.26. The number of aromatic nitrogens is 2. The van der Waals surface area contributed by atoms with Gasteiger partial charge in [0.05, 0.1) is 6.33 Å². The summed E-state index contributed by atoms with van der Waals surface area (Å²) in [4.78, 5) is 31.8. The van der Waals surface area contributed by atoms with E-state index in [-0.39, 0.29) is 11.3 Å². The summed E-state index contributed by atoms with van der Waals surface area (Å²) in [5.74, 6) is -0.398. The van der Waals surface area contributed by atoms with Crippen molar-refractivity contribution in [2.45, 2.75) is 20.8 Å². The van der Waals surface area contributed by atoms with E-state index in [1.54, 1.807) is 0 Å². The van der Waals surface area contributed by atoms with Gasteiger partial charge in [0, 0.05) is 30.5 Å². The summed E-state index contributed by atoms with van der Waals surface area (Å²) < 4.78 is 0. The van der Waals surface area contributed by atoms with Crippen LogP contribution >= 0.6 is 0 Å². The first kappa shape index (κ1) is 15.8. The molecular weight excluding hydrogens is 280 g/mol. The Morgan fingerprint density at radius 2 is 2.00 bits per heavy atom. The number of aromatic amines is 1. The summed E-state index contributed by atoms with van der Waals surface area (Å²) in [6.07, 6.45) is 1.22. The molecule has 0 unspecified atom stereocenters. The monoisotopic (exact) mass is 300 g/mol. The molecule has 1 heterocycles. The number of nitrogens with one attached hydrogen (secondary N) is 2. The maximum atomic E-state index is 12.1. The molecule has 0 aliphatic rings. The smallest absolute Gasteiger partial charge is 0.274 e. The van der Waals surface area contributed by atoms with E-state index in [9.17, 15) is 9.59 Å². The van der Waals surface area contributed by atoms with Gasteiger partial charge in [-0.25, -0.2) is 4.98 Å². The van der Waals surface area contributed by atoms with Crippen molar-refractivity contribution in [3.63, 3.8) is 0 Å². The van der Waals surface area contributed by atoms with Crippen LogP contribution in [0.1, 0.15) is 29.9 Å². The van der Waals surface area contributed by atoms with Gasteiger partial charge in [0.15, 0.2) is 0 Å². The van der Waals surface area contributed by atoms with Crippen LogP contribution in [0.4, 0.5) is 11.4 Å². The number of nitrogens with zero attached hydrogens (tertiary/aromatic N) is 2. The Bertz CT molecular complexity index is 720. The molecule has 0 aliphatic heterocycles. The van der Waals surface area contributed by atoms with E-state index >= 15 is 0 Å². The topological polar surface area (TPSA) is 78.1 Å². The fraction of sp³-hybridized carbons (Fsp3) is 0.312. The van der Waals surface area contributed by atoms with Gasteiger partial charge in [-0.2, -0.15) is 0 Å². The van der Waals surface area contributed by atoms with Gasteiger partial charge >= 0.3 is 0 Å². The quantitative estimate of drug-likeness (QED) is 0.887. The molecule has 6 heteroatoms. The molecular formula is C16H20N4O2. The lowest BCUT2D eigenvalue weighted by Crippen LogP contribution is -2.22. The van der Waals surface area contributed by atoms with Gasteiger partial charge < -0.3 is 15.2 Å². The van der Waals surface area contributed by atoms with Crippen LogP contribution in [0.15, 0.2) is 35.4 Å². The van der Waals surface area contributed by atoms with Gasteiger partial charge in [-0.05, 0) is 44.5 Å². The Morgan fingerprint density at radius 1 is 1.27 bits per heavy atom. The summed E-state index contributed by atoms with van der Waals surface area (Å²) in [5.41, 5.74) is 2.53. The summed E-state index contributed by atoms with van der Waals surface area (Å²) >= 11 is 0. The summed E-state index contributed by atoms with van der Waals surface area (Å²) in [5, 5.41) is 2.78. The highest BCUT2D eigenvalue weighted by molar-refractivity contribution is 6.03. The molecule has 0 spiro atoms.